The van der Waals surface area contributed by atoms with Crippen LogP contribution >= 0.6 is 0 Å². The molecular weight excluding hydrogens is 235 g/mol. The third kappa shape index (κ3) is 4.54. The third-order valence-electron chi connectivity index (χ3n) is 1.68. The van der Waals surface area contributed by atoms with Crippen LogP contribution in [0.25, 0.3) is 0 Å². The zero-order valence-corrected chi connectivity index (χ0v) is 9.63. The minimum Gasteiger partial charge on any atom is -0.381 e. The normalized spacial score (nSPS) is 11.4. The van der Waals surface area contributed by atoms with Gasteiger partial charge in [-0.1, -0.05) is 6.07 Å². The van der Waals surface area contributed by atoms with E-state index in [2.05, 4.69) is 9.71 Å². The maximum atomic E-state index is 12.7. The molecule has 0 atom stereocenters. The summed E-state index contributed by atoms with van der Waals surface area (Å²) in [5.74, 6) is -0.944. The van der Waals surface area contributed by atoms with E-state index in [9.17, 15) is 12.8 Å². The first-order valence-corrected chi connectivity index (χ1v) is 6.39. The number of nitrogens with one attached hydrogen (secondary N) is 1. The Morgan fingerprint density at radius 2 is 2.25 bits per heavy atom. The summed E-state index contributed by atoms with van der Waals surface area (Å²) in [4.78, 5) is 3.39. The molecule has 0 aliphatic heterocycles. The first-order valence-electron chi connectivity index (χ1n) is 4.74. The van der Waals surface area contributed by atoms with Crippen molar-refractivity contribution in [1.29, 1.82) is 0 Å². The van der Waals surface area contributed by atoms with Crippen molar-refractivity contribution in [3.63, 3.8) is 0 Å². The molecule has 0 saturated heterocycles. The van der Waals surface area contributed by atoms with Crippen molar-refractivity contribution in [2.75, 3.05) is 23.7 Å². The largest absolute Gasteiger partial charge is 0.381 e. The summed E-state index contributed by atoms with van der Waals surface area (Å²) < 4.78 is 42.6. The highest BCUT2D eigenvalue weighted by molar-refractivity contribution is 7.92. The van der Waals surface area contributed by atoms with Gasteiger partial charge < -0.3 is 4.74 Å². The van der Waals surface area contributed by atoms with Crippen LogP contribution < -0.4 is 4.72 Å². The lowest BCUT2D eigenvalue weighted by molar-refractivity contribution is 0.163. The van der Waals surface area contributed by atoms with E-state index in [1.54, 1.807) is 6.92 Å². The van der Waals surface area contributed by atoms with Gasteiger partial charge in [0.2, 0.25) is 16.0 Å². The highest BCUT2D eigenvalue weighted by atomic mass is 32.2. The molecular formula is C9H13FN2O3S. The maximum Gasteiger partial charge on any atom is 0.236 e. The van der Waals surface area contributed by atoms with Gasteiger partial charge in [0, 0.05) is 6.61 Å². The van der Waals surface area contributed by atoms with E-state index >= 15 is 0 Å². The Hall–Kier alpha value is -1.21. The number of halogens is 1. The second-order valence-electron chi connectivity index (χ2n) is 2.96. The van der Waals surface area contributed by atoms with Crippen LogP contribution in [-0.4, -0.2) is 32.4 Å². The van der Waals surface area contributed by atoms with Crippen LogP contribution in [0.4, 0.5) is 10.2 Å². The Kier molecular flexibility index (Phi) is 4.63. The molecule has 1 aromatic heterocycles. The number of hydrogen-bond acceptors (Lipinski definition) is 4. The highest BCUT2D eigenvalue weighted by Gasteiger charge is 2.11. The molecule has 7 heteroatoms. The number of hydrogen-bond donors (Lipinski definition) is 1. The lowest BCUT2D eigenvalue weighted by atomic mass is 10.5. The number of rotatable bonds is 6. The minimum atomic E-state index is -3.53. The Morgan fingerprint density at radius 1 is 1.50 bits per heavy atom. The van der Waals surface area contributed by atoms with Gasteiger partial charge in [0.05, 0.1) is 12.4 Å². The summed E-state index contributed by atoms with van der Waals surface area (Å²) in [6.07, 6.45) is 0. The average molecular weight is 248 g/mol. The predicted molar refractivity (Wildman–Crippen MR) is 58.1 cm³/mol. The van der Waals surface area contributed by atoms with E-state index in [1.165, 1.54) is 12.1 Å². The molecule has 1 heterocycles. The van der Waals surface area contributed by atoms with Gasteiger partial charge in [-0.2, -0.15) is 4.39 Å². The molecule has 0 amide bonds. The fourth-order valence-corrected chi connectivity index (χ4v) is 1.86. The van der Waals surface area contributed by atoms with Crippen molar-refractivity contribution in [2.24, 2.45) is 0 Å². The minimum absolute atomic E-state index is 0.0310. The second kappa shape index (κ2) is 5.76. The first kappa shape index (κ1) is 12.9. The van der Waals surface area contributed by atoms with Gasteiger partial charge in [0.25, 0.3) is 0 Å². The number of anilines is 1. The van der Waals surface area contributed by atoms with Crippen LogP contribution in [0.15, 0.2) is 18.2 Å². The van der Waals surface area contributed by atoms with Crippen molar-refractivity contribution >= 4 is 15.8 Å². The number of ether oxygens (including phenoxy) is 1. The van der Waals surface area contributed by atoms with Crippen LogP contribution in [0.2, 0.25) is 0 Å². The van der Waals surface area contributed by atoms with Crippen molar-refractivity contribution in [2.45, 2.75) is 6.92 Å². The van der Waals surface area contributed by atoms with Gasteiger partial charge in [-0.3, -0.25) is 4.72 Å². The van der Waals surface area contributed by atoms with E-state index in [1.807, 2.05) is 0 Å². The van der Waals surface area contributed by atoms with E-state index in [-0.39, 0.29) is 18.2 Å². The van der Waals surface area contributed by atoms with Crippen molar-refractivity contribution < 1.29 is 17.5 Å². The van der Waals surface area contributed by atoms with Gasteiger partial charge in [-0.05, 0) is 19.1 Å². The molecule has 0 aromatic carbocycles. The molecule has 0 bridgehead atoms. The zero-order valence-electron chi connectivity index (χ0n) is 8.81. The molecule has 16 heavy (non-hydrogen) atoms. The van der Waals surface area contributed by atoms with Gasteiger partial charge in [-0.25, -0.2) is 13.4 Å². The van der Waals surface area contributed by atoms with E-state index in [4.69, 9.17) is 4.74 Å². The van der Waals surface area contributed by atoms with Crippen molar-refractivity contribution in [3.8, 4) is 0 Å². The number of nitrogens with zero attached hydrogens (tertiary/aromatic N) is 1. The summed E-state index contributed by atoms with van der Waals surface area (Å²) in [5.41, 5.74) is 0. The molecule has 1 aromatic rings. The molecule has 1 rings (SSSR count). The quantitative estimate of drug-likeness (QED) is 0.602. The van der Waals surface area contributed by atoms with Gasteiger partial charge >= 0.3 is 0 Å². The van der Waals surface area contributed by atoms with Crippen LogP contribution in [0.3, 0.4) is 0 Å². The van der Waals surface area contributed by atoms with Gasteiger partial charge in [0.15, 0.2) is 0 Å². The lowest BCUT2D eigenvalue weighted by Gasteiger charge is -2.06. The molecule has 0 spiro atoms. The van der Waals surface area contributed by atoms with Gasteiger partial charge in [-0.15, -0.1) is 0 Å². The topological polar surface area (TPSA) is 68.3 Å². The number of pyridine rings is 1. The van der Waals surface area contributed by atoms with Gasteiger partial charge in [0.1, 0.15) is 5.82 Å². The zero-order chi connectivity index (χ0) is 12.0. The molecule has 0 radical (unpaired) electrons. The Labute approximate surface area is 93.7 Å². The summed E-state index contributed by atoms with van der Waals surface area (Å²) in [5, 5.41) is 0. The molecule has 0 aliphatic rings. The van der Waals surface area contributed by atoms with E-state index in [0.717, 1.165) is 6.07 Å². The monoisotopic (exact) mass is 248 g/mol. The molecule has 0 aliphatic carbocycles. The number of aromatic nitrogens is 1. The van der Waals surface area contributed by atoms with Crippen molar-refractivity contribution in [3.05, 3.63) is 24.1 Å². The molecule has 0 fully saturated rings. The Balaban J connectivity index is 2.59. The van der Waals surface area contributed by atoms with Crippen LogP contribution in [-0.2, 0) is 14.8 Å². The fourth-order valence-electron chi connectivity index (χ4n) is 0.988. The molecule has 5 nitrogen and oxygen atoms in total. The summed E-state index contributed by atoms with van der Waals surface area (Å²) in [6.45, 7) is 2.32. The lowest BCUT2D eigenvalue weighted by Crippen LogP contribution is -2.20. The van der Waals surface area contributed by atoms with Crippen LogP contribution in [0, 0.1) is 5.95 Å². The SMILES string of the molecule is CCOCCS(=O)(=O)Nc1cccc(F)n1. The summed E-state index contributed by atoms with van der Waals surface area (Å²) in [6, 6.07) is 3.89. The fraction of sp³-hybridized carbons (Fsp3) is 0.444. The average Bonchev–Trinajstić information content (AvgIpc) is 2.17. The summed E-state index contributed by atoms with van der Waals surface area (Å²) in [7, 11) is -3.53. The number of sulfonamides is 1. The van der Waals surface area contributed by atoms with Crippen LogP contribution in [0.1, 0.15) is 6.92 Å². The van der Waals surface area contributed by atoms with E-state index in [0.29, 0.717) is 6.61 Å². The first-order chi connectivity index (χ1) is 7.53. The maximum absolute atomic E-state index is 12.7. The third-order valence-corrected chi connectivity index (χ3v) is 2.90. The Morgan fingerprint density at radius 3 is 2.88 bits per heavy atom. The predicted octanol–water partition coefficient (Wildman–Crippen LogP) is 0.999. The molecule has 0 unspecified atom stereocenters. The second-order valence-corrected chi connectivity index (χ2v) is 4.81. The molecule has 1 N–H and O–H groups in total. The van der Waals surface area contributed by atoms with E-state index < -0.39 is 16.0 Å². The standard InChI is InChI=1S/C9H13FN2O3S/c1-2-15-6-7-16(13,14)12-9-5-3-4-8(10)11-9/h3-5H,2,6-7H2,1H3,(H,11,12). The van der Waals surface area contributed by atoms with Crippen LogP contribution in [0.5, 0.6) is 0 Å². The summed E-state index contributed by atoms with van der Waals surface area (Å²) >= 11 is 0. The highest BCUT2D eigenvalue weighted by Crippen LogP contribution is 2.06. The molecule has 0 saturated carbocycles. The van der Waals surface area contributed by atoms with Crippen molar-refractivity contribution in [1.82, 2.24) is 4.98 Å². The Bertz CT molecular complexity index is 436. The smallest absolute Gasteiger partial charge is 0.236 e. The molecule has 90 valence electrons.